The summed E-state index contributed by atoms with van der Waals surface area (Å²) in [7, 11) is 0. The van der Waals surface area contributed by atoms with E-state index in [2.05, 4.69) is 253 Å². The highest BCUT2D eigenvalue weighted by molar-refractivity contribution is 5.87. The molecular weight excluding hydrogens is 855 g/mol. The Morgan fingerprint density at radius 3 is 1.14 bits per heavy atom. The van der Waals surface area contributed by atoms with Crippen molar-refractivity contribution in [2.75, 3.05) is 4.90 Å². The van der Waals surface area contributed by atoms with Gasteiger partial charge >= 0.3 is 0 Å². The topological polar surface area (TPSA) is 3.24 Å². The highest BCUT2D eigenvalue weighted by atomic mass is 15.1. The Morgan fingerprint density at radius 2 is 0.732 bits per heavy atom. The van der Waals surface area contributed by atoms with Gasteiger partial charge in [-0.25, -0.2) is 0 Å². The number of rotatable bonds is 12. The van der Waals surface area contributed by atoms with E-state index in [1.807, 2.05) is 0 Å². The van der Waals surface area contributed by atoms with E-state index < -0.39 is 0 Å². The molecule has 352 valence electrons. The minimum absolute atomic E-state index is 0.0342. The van der Waals surface area contributed by atoms with Crippen molar-refractivity contribution in [3.05, 3.63) is 240 Å². The van der Waals surface area contributed by atoms with Crippen LogP contribution in [0.4, 0.5) is 17.1 Å². The third-order valence-corrected chi connectivity index (χ3v) is 17.7. The van der Waals surface area contributed by atoms with E-state index in [9.17, 15) is 0 Å². The van der Waals surface area contributed by atoms with E-state index in [0.717, 1.165) is 67.6 Å². The molecule has 0 saturated heterocycles. The molecule has 0 bridgehead atoms. The minimum atomic E-state index is 0.0342. The SMILES string of the molecule is C=C1/C=C\C=C/CC(CC)(CC)c2cc(-c3ccc(N(c4ccc(-c5ccc6c(c5)C(CC)(CC)c5ccccc5-6)cc4)c4ccc(-c5ccc6c(c5)C(CC)(CC)c5ccccc5-6)cc4)cc3)ccc21. The van der Waals surface area contributed by atoms with Crippen molar-refractivity contribution in [2.24, 2.45) is 0 Å². The zero-order valence-corrected chi connectivity index (χ0v) is 42.7. The van der Waals surface area contributed by atoms with Crippen LogP contribution in [-0.4, -0.2) is 0 Å². The molecule has 3 aliphatic carbocycles. The van der Waals surface area contributed by atoms with E-state index in [4.69, 9.17) is 0 Å². The molecule has 0 amide bonds. The Morgan fingerprint density at radius 1 is 0.366 bits per heavy atom. The number of hydrogen-bond acceptors (Lipinski definition) is 1. The number of nitrogens with zero attached hydrogens (tertiary/aromatic N) is 1. The number of fused-ring (bicyclic) bond motifs is 7. The van der Waals surface area contributed by atoms with Crippen LogP contribution in [0.25, 0.3) is 61.2 Å². The smallest absolute Gasteiger partial charge is 0.0462 e. The number of allylic oxidation sites excluding steroid dienone is 5. The first-order chi connectivity index (χ1) is 34.7. The summed E-state index contributed by atoms with van der Waals surface area (Å²) in [4.78, 5) is 2.42. The summed E-state index contributed by atoms with van der Waals surface area (Å²) >= 11 is 0. The van der Waals surface area contributed by atoms with Gasteiger partial charge in [0.05, 0.1) is 0 Å². The Hall–Kier alpha value is -7.22. The molecule has 0 radical (unpaired) electrons. The van der Waals surface area contributed by atoms with Crippen LogP contribution in [0.1, 0.15) is 120 Å². The summed E-state index contributed by atoms with van der Waals surface area (Å²) in [5.41, 5.74) is 26.1. The molecule has 0 heterocycles. The predicted octanol–water partition coefficient (Wildman–Crippen LogP) is 19.9. The van der Waals surface area contributed by atoms with Crippen molar-refractivity contribution in [3.63, 3.8) is 0 Å². The largest absolute Gasteiger partial charge is 0.311 e. The van der Waals surface area contributed by atoms with Crippen molar-refractivity contribution < 1.29 is 0 Å². The minimum Gasteiger partial charge on any atom is -0.311 e. The lowest BCUT2D eigenvalue weighted by Crippen LogP contribution is -2.25. The molecule has 0 aromatic heterocycles. The maximum absolute atomic E-state index is 4.51. The maximum Gasteiger partial charge on any atom is 0.0462 e. The highest BCUT2D eigenvalue weighted by Crippen LogP contribution is 2.55. The third-order valence-electron chi connectivity index (χ3n) is 17.7. The van der Waals surface area contributed by atoms with E-state index in [1.54, 1.807) is 0 Å². The van der Waals surface area contributed by atoms with Gasteiger partial charge in [-0.15, -0.1) is 0 Å². The fourth-order valence-corrected chi connectivity index (χ4v) is 13.3. The van der Waals surface area contributed by atoms with Crippen LogP contribution >= 0.6 is 0 Å². The van der Waals surface area contributed by atoms with Crippen LogP contribution < -0.4 is 4.90 Å². The summed E-state index contributed by atoms with van der Waals surface area (Å²) in [6.07, 6.45) is 16.3. The molecule has 8 aromatic carbocycles. The van der Waals surface area contributed by atoms with Crippen LogP contribution in [0, 0.1) is 0 Å². The first kappa shape index (κ1) is 46.2. The van der Waals surface area contributed by atoms with Crippen LogP contribution in [0.2, 0.25) is 0 Å². The molecule has 1 nitrogen and oxygen atoms in total. The summed E-state index contributed by atoms with van der Waals surface area (Å²) < 4.78 is 0. The molecule has 71 heavy (non-hydrogen) atoms. The molecule has 0 saturated carbocycles. The summed E-state index contributed by atoms with van der Waals surface area (Å²) in [6.45, 7) is 18.6. The zero-order valence-electron chi connectivity index (χ0n) is 42.7. The molecule has 1 heteroatoms. The molecule has 0 aliphatic heterocycles. The van der Waals surface area contributed by atoms with Gasteiger partial charge in [-0.3, -0.25) is 0 Å². The fourth-order valence-electron chi connectivity index (χ4n) is 13.3. The lowest BCUT2D eigenvalue weighted by atomic mass is 9.70. The molecular formula is C70H67N. The first-order valence-corrected chi connectivity index (χ1v) is 26.5. The lowest BCUT2D eigenvalue weighted by molar-refractivity contribution is 0.399. The number of benzene rings is 8. The van der Waals surface area contributed by atoms with Gasteiger partial charge in [0.1, 0.15) is 0 Å². The molecule has 0 fully saturated rings. The second-order valence-corrected chi connectivity index (χ2v) is 20.4. The Balaban J connectivity index is 0.972. The van der Waals surface area contributed by atoms with E-state index >= 15 is 0 Å². The molecule has 0 atom stereocenters. The van der Waals surface area contributed by atoms with Gasteiger partial charge in [0, 0.05) is 27.9 Å². The van der Waals surface area contributed by atoms with Crippen LogP contribution in [0.5, 0.6) is 0 Å². The first-order valence-electron chi connectivity index (χ1n) is 26.5. The Bertz CT molecular complexity index is 3190. The van der Waals surface area contributed by atoms with Gasteiger partial charge in [-0.05, 0) is 200 Å². The second kappa shape index (κ2) is 18.5. The molecule has 0 unspecified atom stereocenters. The van der Waals surface area contributed by atoms with E-state index in [1.165, 1.54) is 89.0 Å². The number of hydrogen-bond donors (Lipinski definition) is 0. The maximum atomic E-state index is 4.51. The average molecular weight is 922 g/mol. The van der Waals surface area contributed by atoms with Gasteiger partial charge in [0.15, 0.2) is 0 Å². The van der Waals surface area contributed by atoms with Gasteiger partial charge in [0.2, 0.25) is 0 Å². The Kier molecular flexibility index (Phi) is 12.0. The molecule has 0 spiro atoms. The van der Waals surface area contributed by atoms with Crippen LogP contribution in [0.3, 0.4) is 0 Å². The van der Waals surface area contributed by atoms with Crippen molar-refractivity contribution in [3.8, 4) is 55.6 Å². The van der Waals surface area contributed by atoms with Crippen molar-refractivity contribution in [1.29, 1.82) is 0 Å². The normalized spacial score (nSPS) is 16.3. The predicted molar refractivity (Wildman–Crippen MR) is 305 cm³/mol. The third kappa shape index (κ3) is 7.42. The summed E-state index contributed by atoms with van der Waals surface area (Å²) in [5.74, 6) is 0. The quantitative estimate of drug-likeness (QED) is 0.118. The number of anilines is 3. The van der Waals surface area contributed by atoms with Gasteiger partial charge in [-0.1, -0.05) is 194 Å². The standard InChI is InChI=1S/C70H67N/c1-8-68(9-2)44-20-14-15-21-48(7)58-41-32-52(45-65(58)68)49-26-35-55(36-27-49)71(56-37-28-50(29-38-56)53-33-42-61-59-22-16-18-24-63(59)69(10-3,11-4)66(61)46-53)57-39-30-51(31-40-57)54-34-43-62-60-23-17-19-25-64(60)70(12-5,13-6)67(62)47-54/h14-43,45-47H,7-13,44H2,1-6H3/b20-14-,21-15-. The fraction of sp³-hybridized carbons (Fsp3) is 0.229. The monoisotopic (exact) mass is 922 g/mol. The molecule has 11 rings (SSSR count). The highest BCUT2D eigenvalue weighted by Gasteiger charge is 2.42. The van der Waals surface area contributed by atoms with Gasteiger partial charge in [-0.2, -0.15) is 0 Å². The average Bonchev–Trinajstić information content (AvgIpc) is 3.90. The van der Waals surface area contributed by atoms with Crippen LogP contribution in [0.15, 0.2) is 207 Å². The van der Waals surface area contributed by atoms with E-state index in [-0.39, 0.29) is 16.2 Å². The Labute approximate surface area is 424 Å². The lowest BCUT2D eigenvalue weighted by Gasteiger charge is -2.34. The second-order valence-electron chi connectivity index (χ2n) is 20.4. The van der Waals surface area contributed by atoms with Gasteiger partial charge in [0.25, 0.3) is 0 Å². The zero-order chi connectivity index (χ0) is 48.9. The van der Waals surface area contributed by atoms with Crippen LogP contribution in [-0.2, 0) is 16.2 Å². The van der Waals surface area contributed by atoms with E-state index in [0.29, 0.717) is 0 Å². The molecule has 3 aliphatic rings. The van der Waals surface area contributed by atoms with Crippen molar-refractivity contribution >= 4 is 22.6 Å². The summed E-state index contributed by atoms with van der Waals surface area (Å²) in [6, 6.07) is 67.2. The van der Waals surface area contributed by atoms with Gasteiger partial charge < -0.3 is 4.90 Å². The van der Waals surface area contributed by atoms with Crippen molar-refractivity contribution in [1.82, 2.24) is 0 Å². The summed E-state index contributed by atoms with van der Waals surface area (Å²) in [5, 5.41) is 0. The van der Waals surface area contributed by atoms with Crippen molar-refractivity contribution in [2.45, 2.75) is 103 Å². The molecule has 0 N–H and O–H groups in total. The molecule has 8 aromatic rings.